The fourth-order valence-corrected chi connectivity index (χ4v) is 2.94. The maximum atomic E-state index is 9.02. The average molecular weight is 520 g/mol. The maximum absolute atomic E-state index is 9.02. The number of fused-ring (bicyclic) bond motifs is 1. The van der Waals surface area contributed by atoms with Crippen molar-refractivity contribution in [1.29, 1.82) is 0 Å². The van der Waals surface area contributed by atoms with Crippen molar-refractivity contribution in [2.75, 3.05) is 31.6 Å². The van der Waals surface area contributed by atoms with Crippen LogP contribution in [0, 0.1) is 0 Å². The first kappa shape index (κ1) is 21.4. The fraction of sp³-hybridized carbons (Fsp3) is 0.500. The zero-order chi connectivity index (χ0) is 16.7. The third kappa shape index (κ3) is 6.33. The SMILES string of the molecule is CCN(CCO)CCCC(C)Nc1ccnc2cc(Cl)ccc12.[W]. The predicted molar refractivity (Wildman–Crippen MR) is 98.3 cm³/mol. The minimum Gasteiger partial charge on any atom is -0.395 e. The van der Waals surface area contributed by atoms with E-state index in [4.69, 9.17) is 16.7 Å². The Morgan fingerprint density at radius 1 is 1.29 bits per heavy atom. The third-order valence-electron chi connectivity index (χ3n) is 4.08. The van der Waals surface area contributed by atoms with Gasteiger partial charge in [-0.25, -0.2) is 0 Å². The molecule has 0 saturated carbocycles. The summed E-state index contributed by atoms with van der Waals surface area (Å²) in [6.45, 7) is 7.32. The van der Waals surface area contributed by atoms with Crippen LogP contribution in [0.2, 0.25) is 5.02 Å². The number of aromatic nitrogens is 1. The molecule has 132 valence electrons. The Hall–Kier alpha value is -0.672. The van der Waals surface area contributed by atoms with E-state index in [1.54, 1.807) is 0 Å². The van der Waals surface area contributed by atoms with E-state index in [1.807, 2.05) is 30.5 Å². The molecule has 0 aliphatic rings. The second-order valence-corrected chi connectivity index (χ2v) is 6.30. The minimum absolute atomic E-state index is 0. The number of halogens is 1. The van der Waals surface area contributed by atoms with Gasteiger partial charge in [-0.15, -0.1) is 0 Å². The standard InChI is InChI=1S/C18H26ClN3O.W/c1-3-22(11-12-23)10-4-5-14(2)21-17-8-9-20-18-13-15(19)6-7-16(17)18;/h6-9,13-14,23H,3-5,10-12H2,1-2H3,(H,20,21);. The van der Waals surface area contributed by atoms with Crippen LogP contribution in [0.4, 0.5) is 5.69 Å². The second-order valence-electron chi connectivity index (χ2n) is 5.87. The number of anilines is 1. The summed E-state index contributed by atoms with van der Waals surface area (Å²) in [5, 5.41) is 14.4. The van der Waals surface area contributed by atoms with Crippen LogP contribution in [-0.2, 0) is 21.1 Å². The van der Waals surface area contributed by atoms with Gasteiger partial charge in [0.05, 0.1) is 12.1 Å². The smallest absolute Gasteiger partial charge is 0.0737 e. The van der Waals surface area contributed by atoms with E-state index in [0.29, 0.717) is 11.1 Å². The first-order valence-corrected chi connectivity index (χ1v) is 8.66. The summed E-state index contributed by atoms with van der Waals surface area (Å²) >= 11 is 6.03. The summed E-state index contributed by atoms with van der Waals surface area (Å²) in [4.78, 5) is 6.65. The van der Waals surface area contributed by atoms with E-state index in [0.717, 1.165) is 49.1 Å². The molecular formula is C18H26ClN3OW. The van der Waals surface area contributed by atoms with E-state index in [9.17, 15) is 0 Å². The van der Waals surface area contributed by atoms with Crippen molar-refractivity contribution in [2.45, 2.75) is 32.7 Å². The summed E-state index contributed by atoms with van der Waals surface area (Å²) in [7, 11) is 0. The van der Waals surface area contributed by atoms with Crippen molar-refractivity contribution in [1.82, 2.24) is 9.88 Å². The summed E-state index contributed by atoms with van der Waals surface area (Å²) in [5.41, 5.74) is 2.01. The molecule has 4 nitrogen and oxygen atoms in total. The number of hydrogen-bond donors (Lipinski definition) is 2. The van der Waals surface area contributed by atoms with Crippen LogP contribution in [0.15, 0.2) is 30.5 Å². The number of likely N-dealkylation sites (N-methyl/N-ethyl adjacent to an activating group) is 1. The van der Waals surface area contributed by atoms with Gasteiger partial charge in [0, 0.05) is 55.9 Å². The van der Waals surface area contributed by atoms with Gasteiger partial charge in [-0.3, -0.25) is 4.98 Å². The Kier molecular flexibility index (Phi) is 9.83. The van der Waals surface area contributed by atoms with Crippen molar-refractivity contribution in [3.05, 3.63) is 35.5 Å². The quantitative estimate of drug-likeness (QED) is 0.530. The van der Waals surface area contributed by atoms with E-state index in [-0.39, 0.29) is 27.7 Å². The predicted octanol–water partition coefficient (Wildman–Crippen LogP) is 3.78. The minimum atomic E-state index is 0. The number of nitrogens with one attached hydrogen (secondary N) is 1. The Bertz CT molecular complexity index is 626. The molecule has 2 rings (SSSR count). The van der Waals surface area contributed by atoms with Gasteiger partial charge in [-0.05, 0) is 57.1 Å². The first-order chi connectivity index (χ1) is 11.1. The van der Waals surface area contributed by atoms with Crippen LogP contribution in [0.5, 0.6) is 0 Å². The Balaban J connectivity index is 0.00000288. The molecule has 1 atom stereocenters. The van der Waals surface area contributed by atoms with Crippen LogP contribution >= 0.6 is 11.6 Å². The monoisotopic (exact) mass is 519 g/mol. The summed E-state index contributed by atoms with van der Waals surface area (Å²) in [5.74, 6) is 0. The average Bonchev–Trinajstić information content (AvgIpc) is 2.54. The summed E-state index contributed by atoms with van der Waals surface area (Å²) in [6, 6.07) is 8.19. The Morgan fingerprint density at radius 2 is 2.08 bits per heavy atom. The zero-order valence-corrected chi connectivity index (χ0v) is 18.0. The topological polar surface area (TPSA) is 48.4 Å². The number of aliphatic hydroxyl groups excluding tert-OH is 1. The number of pyridine rings is 1. The molecule has 0 saturated heterocycles. The van der Waals surface area contributed by atoms with Crippen molar-refractivity contribution >= 4 is 28.2 Å². The van der Waals surface area contributed by atoms with Gasteiger partial charge in [0.1, 0.15) is 0 Å². The molecule has 0 radical (unpaired) electrons. The summed E-state index contributed by atoms with van der Waals surface area (Å²) < 4.78 is 0. The Morgan fingerprint density at radius 3 is 2.79 bits per heavy atom. The normalized spacial score (nSPS) is 12.2. The molecule has 0 spiro atoms. The van der Waals surface area contributed by atoms with Gasteiger partial charge in [0.15, 0.2) is 0 Å². The second kappa shape index (κ2) is 11.0. The van der Waals surface area contributed by atoms with E-state index < -0.39 is 0 Å². The number of benzene rings is 1. The molecule has 1 unspecified atom stereocenters. The fourth-order valence-electron chi connectivity index (χ4n) is 2.78. The first-order valence-electron chi connectivity index (χ1n) is 8.28. The van der Waals surface area contributed by atoms with Crippen molar-refractivity contribution in [3.63, 3.8) is 0 Å². The molecule has 1 aromatic carbocycles. The number of hydrogen-bond acceptors (Lipinski definition) is 4. The molecule has 1 heterocycles. The molecule has 0 aliphatic heterocycles. The van der Waals surface area contributed by atoms with E-state index >= 15 is 0 Å². The molecule has 1 aromatic heterocycles. The molecule has 2 N–H and O–H groups in total. The Labute approximate surface area is 163 Å². The number of rotatable bonds is 9. The van der Waals surface area contributed by atoms with Crippen LogP contribution in [0.3, 0.4) is 0 Å². The van der Waals surface area contributed by atoms with Gasteiger partial charge in [0.25, 0.3) is 0 Å². The number of nitrogens with zero attached hydrogens (tertiary/aromatic N) is 2. The van der Waals surface area contributed by atoms with Crippen LogP contribution in [-0.4, -0.2) is 47.3 Å². The third-order valence-corrected chi connectivity index (χ3v) is 4.32. The van der Waals surface area contributed by atoms with Crippen LogP contribution < -0.4 is 5.32 Å². The zero-order valence-electron chi connectivity index (χ0n) is 14.3. The van der Waals surface area contributed by atoms with E-state index in [1.165, 1.54) is 0 Å². The van der Waals surface area contributed by atoms with Gasteiger partial charge in [0.2, 0.25) is 0 Å². The van der Waals surface area contributed by atoms with Gasteiger partial charge in [-0.2, -0.15) is 0 Å². The van der Waals surface area contributed by atoms with E-state index in [2.05, 4.69) is 29.0 Å². The van der Waals surface area contributed by atoms with Crippen LogP contribution in [0.1, 0.15) is 26.7 Å². The van der Waals surface area contributed by atoms with Gasteiger partial charge >= 0.3 is 0 Å². The largest absolute Gasteiger partial charge is 0.395 e. The molecule has 0 aliphatic carbocycles. The van der Waals surface area contributed by atoms with Crippen LogP contribution in [0.25, 0.3) is 10.9 Å². The number of aliphatic hydroxyl groups is 1. The van der Waals surface area contributed by atoms with Crippen molar-refractivity contribution in [2.24, 2.45) is 0 Å². The maximum Gasteiger partial charge on any atom is 0.0737 e. The molecule has 0 amide bonds. The van der Waals surface area contributed by atoms with Crippen molar-refractivity contribution < 1.29 is 26.2 Å². The molecule has 24 heavy (non-hydrogen) atoms. The van der Waals surface area contributed by atoms with Gasteiger partial charge in [-0.1, -0.05) is 18.5 Å². The molecule has 2 aromatic rings. The molecule has 0 fully saturated rings. The van der Waals surface area contributed by atoms with Gasteiger partial charge < -0.3 is 15.3 Å². The summed E-state index contributed by atoms with van der Waals surface area (Å²) in [6.07, 6.45) is 4.00. The molecule has 0 bridgehead atoms. The molecular weight excluding hydrogens is 494 g/mol. The molecule has 6 heteroatoms. The van der Waals surface area contributed by atoms with Crippen molar-refractivity contribution in [3.8, 4) is 0 Å².